The Morgan fingerprint density at radius 1 is 1.53 bits per heavy atom. The normalized spacial score (nSPS) is 10.4. The van der Waals surface area contributed by atoms with Crippen LogP contribution in [0.2, 0.25) is 0 Å². The molecule has 2 heterocycles. The first kappa shape index (κ1) is 13.2. The van der Waals surface area contributed by atoms with E-state index in [1.54, 1.807) is 18.4 Å². The van der Waals surface area contributed by atoms with Gasteiger partial charge >= 0.3 is 6.09 Å². The van der Waals surface area contributed by atoms with Gasteiger partial charge in [-0.3, -0.25) is 19.5 Å². The molecule has 0 radical (unpaired) electrons. The zero-order chi connectivity index (χ0) is 13.8. The molecule has 0 spiro atoms. The first-order chi connectivity index (χ1) is 9.11. The molecule has 8 heteroatoms. The van der Waals surface area contributed by atoms with Crippen LogP contribution in [0.4, 0.5) is 4.79 Å². The van der Waals surface area contributed by atoms with Crippen LogP contribution in [0.25, 0.3) is 10.2 Å². The molecule has 2 amide bonds. The third-order valence-electron chi connectivity index (χ3n) is 2.28. The molecule has 0 saturated heterocycles. The molecule has 0 fully saturated rings. The van der Waals surface area contributed by atoms with Crippen LogP contribution >= 0.6 is 11.3 Å². The average molecular weight is 281 g/mol. The SMILES string of the molecule is CCOC(=O)NC(=O)Cn1cnc2sccc2c1=O. The van der Waals surface area contributed by atoms with E-state index in [0.717, 1.165) is 4.57 Å². The van der Waals surface area contributed by atoms with Crippen LogP contribution in [0.15, 0.2) is 22.6 Å². The lowest BCUT2D eigenvalue weighted by atomic mass is 10.4. The van der Waals surface area contributed by atoms with Crippen molar-refractivity contribution in [3.8, 4) is 0 Å². The number of aromatic nitrogens is 2. The number of thiophene rings is 1. The Bertz CT molecular complexity index is 676. The fourth-order valence-electron chi connectivity index (χ4n) is 1.48. The lowest BCUT2D eigenvalue weighted by Crippen LogP contribution is -2.36. The van der Waals surface area contributed by atoms with Crippen molar-refractivity contribution in [2.75, 3.05) is 6.61 Å². The van der Waals surface area contributed by atoms with Crippen LogP contribution < -0.4 is 10.9 Å². The Morgan fingerprint density at radius 3 is 3.05 bits per heavy atom. The third-order valence-corrected chi connectivity index (χ3v) is 3.10. The monoisotopic (exact) mass is 281 g/mol. The second-order valence-corrected chi connectivity index (χ2v) is 4.48. The maximum Gasteiger partial charge on any atom is 0.413 e. The average Bonchev–Trinajstić information content (AvgIpc) is 2.82. The lowest BCUT2D eigenvalue weighted by molar-refractivity contribution is -0.121. The first-order valence-corrected chi connectivity index (χ1v) is 6.39. The number of ether oxygens (including phenoxy) is 1. The quantitative estimate of drug-likeness (QED) is 0.895. The highest BCUT2D eigenvalue weighted by atomic mass is 32.1. The number of carbonyl (C=O) groups is 2. The molecular weight excluding hydrogens is 270 g/mol. The molecule has 0 saturated carbocycles. The van der Waals surface area contributed by atoms with Crippen molar-refractivity contribution >= 4 is 33.6 Å². The van der Waals surface area contributed by atoms with E-state index in [2.05, 4.69) is 9.72 Å². The molecule has 7 nitrogen and oxygen atoms in total. The minimum Gasteiger partial charge on any atom is -0.450 e. The second kappa shape index (κ2) is 5.61. The molecule has 0 aliphatic rings. The first-order valence-electron chi connectivity index (χ1n) is 5.51. The van der Waals surface area contributed by atoms with Gasteiger partial charge in [0.15, 0.2) is 0 Å². The summed E-state index contributed by atoms with van der Waals surface area (Å²) in [6.07, 6.45) is 0.455. The summed E-state index contributed by atoms with van der Waals surface area (Å²) in [5.74, 6) is -0.628. The van der Waals surface area contributed by atoms with E-state index in [1.807, 2.05) is 5.32 Å². The minimum atomic E-state index is -0.829. The highest BCUT2D eigenvalue weighted by molar-refractivity contribution is 7.16. The molecule has 1 N–H and O–H groups in total. The molecule has 100 valence electrons. The maximum atomic E-state index is 12.0. The number of hydrogen-bond donors (Lipinski definition) is 1. The predicted molar refractivity (Wildman–Crippen MR) is 69.0 cm³/mol. The summed E-state index contributed by atoms with van der Waals surface area (Å²) < 4.78 is 5.71. The van der Waals surface area contributed by atoms with Gasteiger partial charge in [0, 0.05) is 0 Å². The molecule has 2 aromatic heterocycles. The number of alkyl carbamates (subject to hydrolysis) is 1. The van der Waals surface area contributed by atoms with Crippen molar-refractivity contribution in [2.24, 2.45) is 0 Å². The third kappa shape index (κ3) is 2.97. The van der Waals surface area contributed by atoms with Gasteiger partial charge in [0.1, 0.15) is 11.4 Å². The fourth-order valence-corrected chi connectivity index (χ4v) is 2.20. The van der Waals surface area contributed by atoms with Gasteiger partial charge in [-0.1, -0.05) is 0 Å². The van der Waals surface area contributed by atoms with E-state index in [9.17, 15) is 14.4 Å². The van der Waals surface area contributed by atoms with Crippen molar-refractivity contribution in [2.45, 2.75) is 13.5 Å². The van der Waals surface area contributed by atoms with Gasteiger partial charge in [-0.2, -0.15) is 0 Å². The van der Waals surface area contributed by atoms with Gasteiger partial charge in [-0.15, -0.1) is 11.3 Å². The summed E-state index contributed by atoms with van der Waals surface area (Å²) >= 11 is 1.35. The van der Waals surface area contributed by atoms with E-state index in [1.165, 1.54) is 17.7 Å². The van der Waals surface area contributed by atoms with Gasteiger partial charge in [0.2, 0.25) is 5.91 Å². The largest absolute Gasteiger partial charge is 0.450 e. The van der Waals surface area contributed by atoms with Crippen molar-refractivity contribution in [3.63, 3.8) is 0 Å². The number of amides is 2. The summed E-state index contributed by atoms with van der Waals surface area (Å²) in [5.41, 5.74) is -0.315. The maximum absolute atomic E-state index is 12.0. The van der Waals surface area contributed by atoms with Crippen LogP contribution in [-0.2, 0) is 16.1 Å². The Morgan fingerprint density at radius 2 is 2.32 bits per heavy atom. The summed E-state index contributed by atoms with van der Waals surface area (Å²) in [6, 6.07) is 1.65. The van der Waals surface area contributed by atoms with Gasteiger partial charge < -0.3 is 4.74 Å². The Balaban J connectivity index is 2.13. The number of fused-ring (bicyclic) bond motifs is 1. The van der Waals surface area contributed by atoms with E-state index < -0.39 is 12.0 Å². The smallest absolute Gasteiger partial charge is 0.413 e. The van der Waals surface area contributed by atoms with Crippen LogP contribution in [-0.4, -0.2) is 28.2 Å². The van der Waals surface area contributed by atoms with Gasteiger partial charge in [-0.05, 0) is 18.4 Å². The van der Waals surface area contributed by atoms with Crippen molar-refractivity contribution < 1.29 is 14.3 Å². The number of hydrogen-bond acceptors (Lipinski definition) is 6. The predicted octanol–water partition coefficient (Wildman–Crippen LogP) is 0.731. The summed E-state index contributed by atoms with van der Waals surface area (Å²) in [6.45, 7) is 1.51. The minimum absolute atomic E-state index is 0.168. The van der Waals surface area contributed by atoms with Crippen LogP contribution in [0, 0.1) is 0 Å². The van der Waals surface area contributed by atoms with Crippen LogP contribution in [0.5, 0.6) is 0 Å². The number of imide groups is 1. The fraction of sp³-hybridized carbons (Fsp3) is 0.273. The highest BCUT2D eigenvalue weighted by Gasteiger charge is 2.11. The van der Waals surface area contributed by atoms with Gasteiger partial charge in [0.05, 0.1) is 18.3 Å². The van der Waals surface area contributed by atoms with E-state index >= 15 is 0 Å². The summed E-state index contributed by atoms with van der Waals surface area (Å²) in [5, 5.41) is 4.22. The van der Waals surface area contributed by atoms with Crippen molar-refractivity contribution in [1.29, 1.82) is 0 Å². The van der Waals surface area contributed by atoms with E-state index in [-0.39, 0.29) is 18.7 Å². The molecule has 0 unspecified atom stereocenters. The summed E-state index contributed by atoms with van der Waals surface area (Å²) in [4.78, 5) is 39.2. The van der Waals surface area contributed by atoms with Gasteiger partial charge in [0.25, 0.3) is 5.56 Å². The van der Waals surface area contributed by atoms with Gasteiger partial charge in [-0.25, -0.2) is 9.78 Å². The van der Waals surface area contributed by atoms with Crippen LogP contribution in [0.1, 0.15) is 6.92 Å². The molecule has 2 rings (SSSR count). The molecular formula is C11H11N3O4S. The second-order valence-electron chi connectivity index (χ2n) is 3.59. The number of rotatable bonds is 3. The number of nitrogens with one attached hydrogen (secondary N) is 1. The molecule has 0 atom stereocenters. The van der Waals surface area contributed by atoms with Crippen LogP contribution in [0.3, 0.4) is 0 Å². The molecule has 0 bridgehead atoms. The molecule has 0 aliphatic carbocycles. The summed E-state index contributed by atoms with van der Waals surface area (Å²) in [7, 11) is 0. The Labute approximate surface area is 111 Å². The van der Waals surface area contributed by atoms with E-state index in [0.29, 0.717) is 10.2 Å². The Hall–Kier alpha value is -2.22. The number of nitrogens with zero attached hydrogens (tertiary/aromatic N) is 2. The Kier molecular flexibility index (Phi) is 3.91. The highest BCUT2D eigenvalue weighted by Crippen LogP contribution is 2.12. The number of carbonyl (C=O) groups excluding carboxylic acids is 2. The topological polar surface area (TPSA) is 90.3 Å². The van der Waals surface area contributed by atoms with E-state index in [4.69, 9.17) is 0 Å². The molecule has 0 aliphatic heterocycles. The molecule has 0 aromatic carbocycles. The zero-order valence-electron chi connectivity index (χ0n) is 10.1. The molecule has 19 heavy (non-hydrogen) atoms. The zero-order valence-corrected chi connectivity index (χ0v) is 10.9. The van der Waals surface area contributed by atoms with Crippen molar-refractivity contribution in [3.05, 3.63) is 28.1 Å². The lowest BCUT2D eigenvalue weighted by Gasteiger charge is -2.06. The standard InChI is InChI=1S/C11H11N3O4S/c1-2-18-11(17)13-8(15)5-14-6-12-9-7(10(14)16)3-4-19-9/h3-4,6H,2,5H2,1H3,(H,13,15,17). The van der Waals surface area contributed by atoms with Crippen molar-refractivity contribution in [1.82, 2.24) is 14.9 Å². The molecule has 2 aromatic rings.